The van der Waals surface area contributed by atoms with Gasteiger partial charge in [0, 0.05) is 7.11 Å². The van der Waals surface area contributed by atoms with E-state index in [4.69, 9.17) is 4.65 Å². The predicted octanol–water partition coefficient (Wildman–Crippen LogP) is 0.586. The van der Waals surface area contributed by atoms with Crippen molar-refractivity contribution in [2.45, 2.75) is 12.5 Å². The lowest BCUT2D eigenvalue weighted by atomic mass is 10.1. The molecule has 0 heterocycles. The van der Waals surface area contributed by atoms with E-state index < -0.39 is 6.10 Å². The minimum atomic E-state index is -0.574. The second kappa shape index (κ2) is 6.45. The van der Waals surface area contributed by atoms with Crippen LogP contribution in [0.1, 0.15) is 18.1 Å². The van der Waals surface area contributed by atoms with E-state index in [1.54, 1.807) is 31.4 Å². The fourth-order valence-electron chi connectivity index (χ4n) is 1.26. The largest absolute Gasteiger partial charge is 0.508 e. The molecule has 0 aliphatic carbocycles. The van der Waals surface area contributed by atoms with Crippen LogP contribution in [-0.2, 0) is 4.65 Å². The normalized spacial score (nSPS) is 12.4. The zero-order valence-corrected chi connectivity index (χ0v) is 8.68. The van der Waals surface area contributed by atoms with Gasteiger partial charge in [0.05, 0.1) is 6.10 Å². The lowest BCUT2D eigenvalue weighted by molar-refractivity contribution is 0.168. The molecule has 1 aromatic rings. The maximum atomic E-state index is 9.74. The number of benzene rings is 1. The topological polar surface area (TPSA) is 61.7 Å². The maximum Gasteiger partial charge on any atom is 0.395 e. The van der Waals surface area contributed by atoms with Crippen molar-refractivity contribution in [3.63, 3.8) is 0 Å². The highest BCUT2D eigenvalue weighted by Crippen LogP contribution is 2.19. The van der Waals surface area contributed by atoms with Crippen LogP contribution in [0.15, 0.2) is 24.3 Å². The first-order valence-electron chi connectivity index (χ1n) is 4.79. The standard InChI is InChI=1S/C10H15BNO3/c1-15-11-12-6-5-10(14)8-3-2-4-9(13)7-8/h2-4,7,10,12-14H,5-6H2,1H3. The van der Waals surface area contributed by atoms with E-state index in [1.165, 1.54) is 7.62 Å². The van der Waals surface area contributed by atoms with Crippen LogP contribution in [0.2, 0.25) is 0 Å². The van der Waals surface area contributed by atoms with Crippen molar-refractivity contribution >= 4 is 7.62 Å². The highest BCUT2D eigenvalue weighted by atomic mass is 16.4. The van der Waals surface area contributed by atoms with Crippen LogP contribution in [0.5, 0.6) is 5.75 Å². The molecular weight excluding hydrogens is 193 g/mol. The molecule has 0 aliphatic heterocycles. The highest BCUT2D eigenvalue weighted by molar-refractivity contribution is 6.23. The summed E-state index contributed by atoms with van der Waals surface area (Å²) in [6.07, 6.45) is -0.0154. The quantitative estimate of drug-likeness (QED) is 0.472. The molecule has 81 valence electrons. The third kappa shape index (κ3) is 4.33. The molecule has 1 unspecified atom stereocenters. The second-order valence-electron chi connectivity index (χ2n) is 3.21. The van der Waals surface area contributed by atoms with Gasteiger partial charge in [0.2, 0.25) is 0 Å². The molecule has 0 aliphatic rings. The molecule has 0 saturated heterocycles. The van der Waals surface area contributed by atoms with Crippen LogP contribution >= 0.6 is 0 Å². The van der Waals surface area contributed by atoms with Gasteiger partial charge < -0.3 is 20.1 Å². The summed E-state index contributed by atoms with van der Waals surface area (Å²) >= 11 is 0. The number of aliphatic hydroxyl groups excluding tert-OH is 1. The van der Waals surface area contributed by atoms with E-state index in [0.29, 0.717) is 18.5 Å². The number of nitrogens with one attached hydrogen (secondary N) is 1. The van der Waals surface area contributed by atoms with E-state index in [1.807, 2.05) is 0 Å². The lowest BCUT2D eigenvalue weighted by Crippen LogP contribution is -2.23. The monoisotopic (exact) mass is 208 g/mol. The first kappa shape index (κ1) is 12.0. The highest BCUT2D eigenvalue weighted by Gasteiger charge is 2.07. The van der Waals surface area contributed by atoms with Crippen LogP contribution in [-0.4, -0.2) is 31.5 Å². The van der Waals surface area contributed by atoms with Crippen LogP contribution in [0.25, 0.3) is 0 Å². The first-order chi connectivity index (χ1) is 7.24. The summed E-state index contributed by atoms with van der Waals surface area (Å²) in [5.41, 5.74) is 0.717. The number of rotatable bonds is 6. The van der Waals surface area contributed by atoms with E-state index >= 15 is 0 Å². The average Bonchev–Trinajstić information content (AvgIpc) is 2.24. The van der Waals surface area contributed by atoms with Crippen LogP contribution in [0.4, 0.5) is 0 Å². The van der Waals surface area contributed by atoms with Gasteiger partial charge in [-0.3, -0.25) is 0 Å². The van der Waals surface area contributed by atoms with Crippen LogP contribution in [0.3, 0.4) is 0 Å². The van der Waals surface area contributed by atoms with E-state index in [2.05, 4.69) is 5.23 Å². The molecule has 3 N–H and O–H groups in total. The minimum absolute atomic E-state index is 0.169. The SMILES string of the molecule is CO[B]NCCC(O)c1cccc(O)c1. The van der Waals surface area contributed by atoms with Gasteiger partial charge >= 0.3 is 7.62 Å². The van der Waals surface area contributed by atoms with E-state index in [0.717, 1.165) is 0 Å². The molecule has 5 heteroatoms. The molecule has 4 nitrogen and oxygen atoms in total. The fourth-order valence-corrected chi connectivity index (χ4v) is 1.26. The van der Waals surface area contributed by atoms with Crippen LogP contribution in [0, 0.1) is 0 Å². The van der Waals surface area contributed by atoms with Gasteiger partial charge in [-0.25, -0.2) is 0 Å². The Kier molecular flexibility index (Phi) is 5.17. The second-order valence-corrected chi connectivity index (χ2v) is 3.21. The molecule has 0 spiro atoms. The van der Waals surface area contributed by atoms with Gasteiger partial charge in [0.1, 0.15) is 5.75 Å². The third-order valence-corrected chi connectivity index (χ3v) is 2.02. The summed E-state index contributed by atoms with van der Waals surface area (Å²) in [6, 6.07) is 6.63. The van der Waals surface area contributed by atoms with Gasteiger partial charge in [0.15, 0.2) is 0 Å². The molecule has 1 aromatic carbocycles. The van der Waals surface area contributed by atoms with E-state index in [-0.39, 0.29) is 5.75 Å². The fraction of sp³-hybridized carbons (Fsp3) is 0.400. The number of phenolic OH excluding ortho intramolecular Hbond substituents is 1. The molecule has 0 fully saturated rings. The van der Waals surface area contributed by atoms with Crippen molar-refractivity contribution in [2.24, 2.45) is 0 Å². The average molecular weight is 208 g/mol. The minimum Gasteiger partial charge on any atom is -0.508 e. The Hall–Kier alpha value is -1.04. The number of hydrogen-bond donors (Lipinski definition) is 3. The molecule has 0 bridgehead atoms. The Morgan fingerprint density at radius 3 is 3.00 bits per heavy atom. The van der Waals surface area contributed by atoms with Crippen molar-refractivity contribution in [1.82, 2.24) is 5.23 Å². The van der Waals surface area contributed by atoms with Crippen molar-refractivity contribution < 1.29 is 14.9 Å². The van der Waals surface area contributed by atoms with E-state index in [9.17, 15) is 10.2 Å². The van der Waals surface area contributed by atoms with Gasteiger partial charge in [-0.05, 0) is 30.7 Å². The zero-order chi connectivity index (χ0) is 11.1. The smallest absolute Gasteiger partial charge is 0.395 e. The Balaban J connectivity index is 2.36. The lowest BCUT2D eigenvalue weighted by Gasteiger charge is -2.11. The molecule has 0 aromatic heterocycles. The number of hydrogen-bond acceptors (Lipinski definition) is 4. The molecule has 1 rings (SSSR count). The summed E-state index contributed by atoms with van der Waals surface area (Å²) in [6.45, 7) is 0.616. The van der Waals surface area contributed by atoms with Crippen molar-refractivity contribution in [1.29, 1.82) is 0 Å². The number of phenols is 1. The molecular formula is C10H15BNO3. The van der Waals surface area contributed by atoms with Gasteiger partial charge in [-0.2, -0.15) is 0 Å². The van der Waals surface area contributed by atoms with Crippen molar-refractivity contribution in [3.8, 4) is 5.75 Å². The Morgan fingerprint density at radius 1 is 1.53 bits per heavy atom. The van der Waals surface area contributed by atoms with Gasteiger partial charge in [-0.1, -0.05) is 12.1 Å². The number of aromatic hydroxyl groups is 1. The molecule has 15 heavy (non-hydrogen) atoms. The predicted molar refractivity (Wildman–Crippen MR) is 58.4 cm³/mol. The summed E-state index contributed by atoms with van der Waals surface area (Å²) in [5.74, 6) is 0.169. The first-order valence-corrected chi connectivity index (χ1v) is 4.79. The van der Waals surface area contributed by atoms with Gasteiger partial charge in [-0.15, -0.1) is 0 Å². The molecule has 1 atom stereocenters. The maximum absolute atomic E-state index is 9.74. The Morgan fingerprint density at radius 2 is 2.33 bits per heavy atom. The molecule has 0 amide bonds. The van der Waals surface area contributed by atoms with Crippen molar-refractivity contribution in [3.05, 3.63) is 29.8 Å². The molecule has 1 radical (unpaired) electrons. The summed E-state index contributed by atoms with van der Waals surface area (Å²) < 4.78 is 4.69. The molecule has 0 saturated carbocycles. The summed E-state index contributed by atoms with van der Waals surface area (Å²) in [5, 5.41) is 21.8. The Labute approximate surface area is 90.2 Å². The van der Waals surface area contributed by atoms with Crippen molar-refractivity contribution in [2.75, 3.05) is 13.7 Å². The van der Waals surface area contributed by atoms with Gasteiger partial charge in [0.25, 0.3) is 0 Å². The van der Waals surface area contributed by atoms with Crippen LogP contribution < -0.4 is 5.23 Å². The zero-order valence-electron chi connectivity index (χ0n) is 8.68. The third-order valence-electron chi connectivity index (χ3n) is 2.02. The summed E-state index contributed by atoms with van der Waals surface area (Å²) in [7, 11) is 3.02. The Bertz CT molecular complexity index is 296. The summed E-state index contributed by atoms with van der Waals surface area (Å²) in [4.78, 5) is 0. The number of aliphatic hydroxyl groups is 1.